The smallest absolute Gasteiger partial charge is 0.280 e. The summed E-state index contributed by atoms with van der Waals surface area (Å²) in [4.78, 5) is 10.6. The molecule has 37 heavy (non-hydrogen) atoms. The van der Waals surface area contributed by atoms with E-state index in [2.05, 4.69) is 20.2 Å². The zero-order valence-corrected chi connectivity index (χ0v) is 21.3. The van der Waals surface area contributed by atoms with Crippen molar-refractivity contribution >= 4 is 16.0 Å². The molecule has 4 rings (SSSR count). The van der Waals surface area contributed by atoms with Crippen LogP contribution in [0.3, 0.4) is 0 Å². The Kier molecular flexibility index (Phi) is 7.76. The quantitative estimate of drug-likeness (QED) is 0.529. The van der Waals surface area contributed by atoms with E-state index in [4.69, 9.17) is 10.5 Å². The van der Waals surface area contributed by atoms with E-state index >= 15 is 0 Å². The van der Waals surface area contributed by atoms with Crippen LogP contribution in [0.25, 0.3) is 0 Å². The number of nitrogens with one attached hydrogen (secondary N) is 1. The summed E-state index contributed by atoms with van der Waals surface area (Å²) in [6.45, 7) is 4.33. The normalized spacial score (nSPS) is 21.4. The molecular weight excluding hydrogens is 509 g/mol. The molecule has 1 fully saturated rings. The number of hydrogen-bond donors (Lipinski definition) is 2. The SMILES string of the molecule is Cc1cc(C2(c3ccc(F)cc3)C=C(OCCN3CCN(S(C)(=O)=O)CC3)NC(N)=N2)cc(C(F)F)n1. The molecule has 0 radical (unpaired) electrons. The number of alkyl halides is 2. The van der Waals surface area contributed by atoms with Crippen LogP contribution in [-0.4, -0.2) is 74.2 Å². The minimum Gasteiger partial charge on any atom is -0.478 e. The molecule has 1 saturated heterocycles. The van der Waals surface area contributed by atoms with Gasteiger partial charge in [-0.15, -0.1) is 0 Å². The maximum Gasteiger partial charge on any atom is 0.280 e. The van der Waals surface area contributed by atoms with E-state index in [-0.39, 0.29) is 18.4 Å². The fraction of sp³-hybridized carbons (Fsp3) is 0.417. The van der Waals surface area contributed by atoms with Crippen molar-refractivity contribution in [2.45, 2.75) is 18.9 Å². The molecule has 1 aromatic carbocycles. The number of ether oxygens (including phenoxy) is 1. The molecule has 1 atom stereocenters. The number of pyridine rings is 1. The standard InChI is InChI=1S/C24H29F3N6O3S/c1-16-13-18(14-20(29-16)22(26)27)24(17-3-5-19(25)6-4-17)15-21(30-23(28)31-24)36-12-11-32-7-9-33(10-8-32)37(2,34)35/h3-6,13-15,22H,7-12H2,1-2H3,(H3,28,30,31). The van der Waals surface area contributed by atoms with E-state index < -0.39 is 33.5 Å². The van der Waals surface area contributed by atoms with Crippen LogP contribution in [0.1, 0.15) is 28.9 Å². The topological polar surface area (TPSA) is 113 Å². The Bertz CT molecular complexity index is 1300. The molecule has 9 nitrogen and oxygen atoms in total. The van der Waals surface area contributed by atoms with E-state index in [1.54, 1.807) is 19.1 Å². The van der Waals surface area contributed by atoms with Crippen molar-refractivity contribution in [3.05, 3.63) is 76.7 Å². The van der Waals surface area contributed by atoms with Crippen molar-refractivity contribution in [3.63, 3.8) is 0 Å². The van der Waals surface area contributed by atoms with Gasteiger partial charge in [-0.25, -0.2) is 26.6 Å². The maximum atomic E-state index is 13.7. The number of rotatable bonds is 8. The Morgan fingerprint density at radius 2 is 1.81 bits per heavy atom. The monoisotopic (exact) mass is 538 g/mol. The fourth-order valence-corrected chi connectivity index (χ4v) is 5.27. The van der Waals surface area contributed by atoms with Crippen molar-refractivity contribution in [3.8, 4) is 0 Å². The third kappa shape index (κ3) is 6.22. The first-order valence-corrected chi connectivity index (χ1v) is 13.5. The molecule has 0 amide bonds. The highest BCUT2D eigenvalue weighted by Crippen LogP contribution is 2.39. The van der Waals surface area contributed by atoms with Crippen LogP contribution in [0.2, 0.25) is 0 Å². The molecule has 3 N–H and O–H groups in total. The lowest BCUT2D eigenvalue weighted by Crippen LogP contribution is -2.49. The predicted octanol–water partition coefficient (Wildman–Crippen LogP) is 2.06. The zero-order valence-electron chi connectivity index (χ0n) is 20.5. The van der Waals surface area contributed by atoms with Crippen molar-refractivity contribution < 1.29 is 26.3 Å². The Balaban J connectivity index is 1.60. The fourth-order valence-electron chi connectivity index (χ4n) is 4.44. The molecule has 0 saturated carbocycles. The summed E-state index contributed by atoms with van der Waals surface area (Å²) in [5.74, 6) is -0.197. The van der Waals surface area contributed by atoms with Gasteiger partial charge in [-0.05, 0) is 42.3 Å². The minimum atomic E-state index is -3.22. The predicted molar refractivity (Wildman–Crippen MR) is 133 cm³/mol. The van der Waals surface area contributed by atoms with Gasteiger partial charge in [-0.3, -0.25) is 15.2 Å². The number of aliphatic imine (C=N–C) groups is 1. The molecule has 0 spiro atoms. The summed E-state index contributed by atoms with van der Waals surface area (Å²) in [6.07, 6.45) is 0.0261. The van der Waals surface area contributed by atoms with Crippen LogP contribution in [0, 0.1) is 12.7 Å². The van der Waals surface area contributed by atoms with Gasteiger partial charge in [0.2, 0.25) is 10.0 Å². The summed E-state index contributed by atoms with van der Waals surface area (Å²) in [7, 11) is -3.22. The van der Waals surface area contributed by atoms with E-state index in [9.17, 15) is 21.6 Å². The molecule has 1 unspecified atom stereocenters. The Morgan fingerprint density at radius 3 is 2.43 bits per heavy atom. The number of piperazine rings is 1. The number of halogens is 3. The van der Waals surface area contributed by atoms with E-state index in [0.717, 1.165) is 0 Å². The second-order valence-electron chi connectivity index (χ2n) is 8.98. The molecular formula is C24H29F3N6O3S. The third-order valence-corrected chi connectivity index (χ3v) is 7.58. The first-order chi connectivity index (χ1) is 17.5. The van der Waals surface area contributed by atoms with E-state index in [0.29, 0.717) is 49.5 Å². The molecule has 0 aliphatic carbocycles. The van der Waals surface area contributed by atoms with Crippen LogP contribution in [0.5, 0.6) is 0 Å². The van der Waals surface area contributed by atoms with Crippen molar-refractivity contribution in [2.75, 3.05) is 45.6 Å². The number of aromatic nitrogens is 1. The number of nitrogens with two attached hydrogens (primary N) is 1. The summed E-state index contributed by atoms with van der Waals surface area (Å²) in [6, 6.07) is 8.45. The molecule has 2 aliphatic rings. The van der Waals surface area contributed by atoms with Crippen molar-refractivity contribution in [2.24, 2.45) is 10.7 Å². The van der Waals surface area contributed by atoms with Gasteiger partial charge in [0.1, 0.15) is 23.7 Å². The van der Waals surface area contributed by atoms with Crippen molar-refractivity contribution in [1.29, 1.82) is 0 Å². The number of nitrogens with zero attached hydrogens (tertiary/aromatic N) is 4. The lowest BCUT2D eigenvalue weighted by atomic mass is 9.82. The summed E-state index contributed by atoms with van der Waals surface area (Å²) >= 11 is 0. The molecule has 0 bridgehead atoms. The van der Waals surface area contributed by atoms with Gasteiger partial charge in [0.05, 0.1) is 6.26 Å². The third-order valence-electron chi connectivity index (χ3n) is 6.27. The average Bonchev–Trinajstić information content (AvgIpc) is 2.83. The zero-order chi connectivity index (χ0) is 26.8. The lowest BCUT2D eigenvalue weighted by molar-refractivity contribution is 0.123. The lowest BCUT2D eigenvalue weighted by Gasteiger charge is -2.34. The van der Waals surface area contributed by atoms with Gasteiger partial charge < -0.3 is 10.5 Å². The van der Waals surface area contributed by atoms with Crippen LogP contribution >= 0.6 is 0 Å². The number of guanidine groups is 1. The Labute approximate surface area is 213 Å². The second-order valence-corrected chi connectivity index (χ2v) is 11.0. The molecule has 2 aliphatic heterocycles. The summed E-state index contributed by atoms with van der Waals surface area (Å²) in [5, 5.41) is 2.86. The van der Waals surface area contributed by atoms with Crippen molar-refractivity contribution in [1.82, 2.24) is 19.5 Å². The van der Waals surface area contributed by atoms with Crippen LogP contribution in [0.4, 0.5) is 13.2 Å². The van der Waals surface area contributed by atoms with Crippen LogP contribution in [-0.2, 0) is 20.3 Å². The first kappa shape index (κ1) is 26.9. The van der Waals surface area contributed by atoms with Gasteiger partial charge >= 0.3 is 0 Å². The first-order valence-electron chi connectivity index (χ1n) is 11.6. The molecule has 13 heteroatoms. The minimum absolute atomic E-state index is 0.00310. The summed E-state index contributed by atoms with van der Waals surface area (Å²) in [5.41, 5.74) is 5.59. The molecule has 3 heterocycles. The highest BCUT2D eigenvalue weighted by atomic mass is 32.2. The molecule has 200 valence electrons. The van der Waals surface area contributed by atoms with E-state index in [1.807, 2.05) is 0 Å². The largest absolute Gasteiger partial charge is 0.478 e. The molecule has 2 aromatic rings. The van der Waals surface area contributed by atoms with Crippen LogP contribution < -0.4 is 11.1 Å². The number of aryl methyl sites for hydroxylation is 1. The molecule has 1 aromatic heterocycles. The second kappa shape index (κ2) is 10.7. The number of benzene rings is 1. The van der Waals surface area contributed by atoms with E-state index in [1.165, 1.54) is 40.9 Å². The maximum absolute atomic E-state index is 13.7. The number of sulfonamides is 1. The highest BCUT2D eigenvalue weighted by molar-refractivity contribution is 7.88. The van der Waals surface area contributed by atoms with Gasteiger partial charge in [-0.2, -0.15) is 4.31 Å². The average molecular weight is 539 g/mol. The summed E-state index contributed by atoms with van der Waals surface area (Å²) < 4.78 is 71.8. The van der Waals surface area contributed by atoms with Gasteiger partial charge in [0.25, 0.3) is 6.43 Å². The van der Waals surface area contributed by atoms with Crippen LogP contribution in [0.15, 0.2) is 53.3 Å². The van der Waals surface area contributed by atoms with Gasteiger partial charge in [0.15, 0.2) is 11.8 Å². The Hall–Kier alpha value is -3.16. The van der Waals surface area contributed by atoms with Gasteiger partial charge in [-0.1, -0.05) is 12.1 Å². The number of hydrogen-bond acceptors (Lipinski definition) is 8. The highest BCUT2D eigenvalue weighted by Gasteiger charge is 2.37. The Morgan fingerprint density at radius 1 is 1.14 bits per heavy atom. The van der Waals surface area contributed by atoms with Gasteiger partial charge in [0, 0.05) is 44.5 Å².